The van der Waals surface area contributed by atoms with Gasteiger partial charge in [0.25, 0.3) is 5.92 Å². The first-order valence-corrected chi connectivity index (χ1v) is 7.93. The van der Waals surface area contributed by atoms with Gasteiger partial charge in [-0.25, -0.2) is 13.6 Å². The summed E-state index contributed by atoms with van der Waals surface area (Å²) in [4.78, 5) is 12.0. The van der Waals surface area contributed by atoms with E-state index in [-0.39, 0.29) is 11.3 Å². The van der Waals surface area contributed by atoms with Gasteiger partial charge in [0.1, 0.15) is 0 Å². The molecule has 2 amide bonds. The maximum Gasteiger partial charge on any atom is 0.319 e. The van der Waals surface area contributed by atoms with E-state index in [1.54, 1.807) is 12.1 Å². The molecule has 2 fully saturated rings. The molecule has 2 aliphatic rings. The van der Waals surface area contributed by atoms with E-state index in [4.69, 9.17) is 0 Å². The van der Waals surface area contributed by atoms with Crippen LogP contribution in [0.2, 0.25) is 0 Å². The van der Waals surface area contributed by atoms with Crippen molar-refractivity contribution >= 4 is 11.7 Å². The number of halogens is 2. The SMILES string of the molecule is CC(F)(F)c1ccccc1NC(=O)NCC1CCCC12CC2. The lowest BCUT2D eigenvalue weighted by atomic mass is 9.93. The standard InChI is InChI=1S/C17H22F2N2O/c1-16(18,19)13-6-2-3-7-14(13)21-15(22)20-11-12-5-4-8-17(12)9-10-17/h2-3,6-7,12H,4-5,8-11H2,1H3,(H2,20,21,22). The molecule has 2 saturated carbocycles. The third-order valence-corrected chi connectivity index (χ3v) is 5.14. The van der Waals surface area contributed by atoms with E-state index in [1.807, 2.05) is 0 Å². The number of alkyl halides is 2. The van der Waals surface area contributed by atoms with Crippen LogP contribution in [0.5, 0.6) is 0 Å². The van der Waals surface area contributed by atoms with E-state index in [9.17, 15) is 13.6 Å². The van der Waals surface area contributed by atoms with Crippen molar-refractivity contribution in [2.75, 3.05) is 11.9 Å². The molecular formula is C17H22F2N2O. The van der Waals surface area contributed by atoms with Crippen LogP contribution in [-0.2, 0) is 5.92 Å². The molecule has 1 aromatic carbocycles. The summed E-state index contributed by atoms with van der Waals surface area (Å²) in [5.41, 5.74) is 0.478. The predicted octanol–water partition coefficient (Wildman–Crippen LogP) is 4.50. The average Bonchev–Trinajstić information content (AvgIpc) is 3.10. The molecule has 120 valence electrons. The Morgan fingerprint density at radius 3 is 2.73 bits per heavy atom. The fourth-order valence-corrected chi connectivity index (χ4v) is 3.71. The molecule has 2 aliphatic carbocycles. The van der Waals surface area contributed by atoms with Crippen LogP contribution < -0.4 is 10.6 Å². The summed E-state index contributed by atoms with van der Waals surface area (Å²) in [5.74, 6) is -2.44. The van der Waals surface area contributed by atoms with Crippen molar-refractivity contribution in [3.8, 4) is 0 Å². The number of anilines is 1. The number of hydrogen-bond donors (Lipinski definition) is 2. The third kappa shape index (κ3) is 3.08. The van der Waals surface area contributed by atoms with Crippen LogP contribution in [0.3, 0.4) is 0 Å². The monoisotopic (exact) mass is 308 g/mol. The van der Waals surface area contributed by atoms with Crippen LogP contribution in [0.15, 0.2) is 24.3 Å². The van der Waals surface area contributed by atoms with Gasteiger partial charge >= 0.3 is 6.03 Å². The van der Waals surface area contributed by atoms with E-state index in [0.29, 0.717) is 17.9 Å². The largest absolute Gasteiger partial charge is 0.338 e. The van der Waals surface area contributed by atoms with Gasteiger partial charge in [0.15, 0.2) is 0 Å². The second kappa shape index (κ2) is 5.52. The fraction of sp³-hybridized carbons (Fsp3) is 0.588. The van der Waals surface area contributed by atoms with Crippen LogP contribution in [0.25, 0.3) is 0 Å². The Balaban J connectivity index is 1.58. The normalized spacial score (nSPS) is 22.6. The second-order valence-corrected chi connectivity index (χ2v) is 6.72. The van der Waals surface area contributed by atoms with Crippen molar-refractivity contribution < 1.29 is 13.6 Å². The molecule has 2 N–H and O–H groups in total. The van der Waals surface area contributed by atoms with Crippen molar-refractivity contribution in [1.82, 2.24) is 5.32 Å². The number of nitrogens with one attached hydrogen (secondary N) is 2. The topological polar surface area (TPSA) is 41.1 Å². The Morgan fingerprint density at radius 2 is 2.05 bits per heavy atom. The number of hydrogen-bond acceptors (Lipinski definition) is 1. The van der Waals surface area contributed by atoms with E-state index >= 15 is 0 Å². The highest BCUT2D eigenvalue weighted by atomic mass is 19.3. The second-order valence-electron chi connectivity index (χ2n) is 6.72. The van der Waals surface area contributed by atoms with Crippen molar-refractivity contribution in [3.63, 3.8) is 0 Å². The first-order chi connectivity index (χ1) is 10.4. The minimum atomic E-state index is -2.98. The molecule has 22 heavy (non-hydrogen) atoms. The van der Waals surface area contributed by atoms with Crippen molar-refractivity contribution in [3.05, 3.63) is 29.8 Å². The molecule has 0 bridgehead atoms. The summed E-state index contributed by atoms with van der Waals surface area (Å²) in [5, 5.41) is 5.41. The molecule has 0 radical (unpaired) electrons. The molecule has 3 rings (SSSR count). The maximum atomic E-state index is 13.5. The Bertz CT molecular complexity index is 564. The smallest absolute Gasteiger partial charge is 0.319 e. The fourth-order valence-electron chi connectivity index (χ4n) is 3.71. The van der Waals surface area contributed by atoms with Crippen LogP contribution in [0.1, 0.15) is 44.6 Å². The molecule has 0 saturated heterocycles. The van der Waals surface area contributed by atoms with Gasteiger partial charge in [0, 0.05) is 19.0 Å². The molecule has 1 aromatic rings. The first kappa shape index (κ1) is 15.3. The first-order valence-electron chi connectivity index (χ1n) is 7.93. The summed E-state index contributed by atoms with van der Waals surface area (Å²) in [6, 6.07) is 5.63. The number of rotatable bonds is 4. The number of carbonyl (C=O) groups excluding carboxylic acids is 1. The Hall–Kier alpha value is -1.65. The van der Waals surface area contributed by atoms with Gasteiger partial charge < -0.3 is 10.6 Å². The molecule has 1 unspecified atom stereocenters. The quantitative estimate of drug-likeness (QED) is 0.845. The number of para-hydroxylation sites is 1. The summed E-state index contributed by atoms with van der Waals surface area (Å²) in [6.45, 7) is 1.47. The third-order valence-electron chi connectivity index (χ3n) is 5.14. The highest BCUT2D eigenvalue weighted by molar-refractivity contribution is 5.90. The molecule has 0 aliphatic heterocycles. The van der Waals surface area contributed by atoms with Gasteiger partial charge in [-0.1, -0.05) is 24.6 Å². The number of amides is 2. The van der Waals surface area contributed by atoms with Gasteiger partial charge in [0.05, 0.1) is 5.69 Å². The van der Waals surface area contributed by atoms with Gasteiger partial charge in [-0.3, -0.25) is 0 Å². The summed E-state index contributed by atoms with van der Waals surface area (Å²) in [7, 11) is 0. The molecule has 1 atom stereocenters. The van der Waals surface area contributed by atoms with Crippen LogP contribution >= 0.6 is 0 Å². The maximum absolute atomic E-state index is 13.5. The highest BCUT2D eigenvalue weighted by Gasteiger charge is 2.51. The van der Waals surface area contributed by atoms with E-state index in [1.165, 1.54) is 37.8 Å². The van der Waals surface area contributed by atoms with Crippen LogP contribution in [0.4, 0.5) is 19.3 Å². The van der Waals surface area contributed by atoms with Gasteiger partial charge in [-0.15, -0.1) is 0 Å². The summed E-state index contributed by atoms with van der Waals surface area (Å²) >= 11 is 0. The minimum absolute atomic E-state index is 0.162. The van der Waals surface area contributed by atoms with E-state index in [0.717, 1.165) is 13.3 Å². The molecule has 0 aromatic heterocycles. The highest BCUT2D eigenvalue weighted by Crippen LogP contribution is 2.61. The Kier molecular flexibility index (Phi) is 3.83. The van der Waals surface area contributed by atoms with Gasteiger partial charge in [0.2, 0.25) is 0 Å². The van der Waals surface area contributed by atoms with E-state index in [2.05, 4.69) is 10.6 Å². The molecular weight excluding hydrogens is 286 g/mol. The lowest BCUT2D eigenvalue weighted by molar-refractivity contribution is 0.0183. The summed E-state index contributed by atoms with van der Waals surface area (Å²) in [6.07, 6.45) is 6.20. The number of carbonyl (C=O) groups is 1. The number of benzene rings is 1. The molecule has 3 nitrogen and oxygen atoms in total. The zero-order valence-corrected chi connectivity index (χ0v) is 12.8. The minimum Gasteiger partial charge on any atom is -0.338 e. The molecule has 1 spiro atoms. The Morgan fingerprint density at radius 1 is 1.32 bits per heavy atom. The van der Waals surface area contributed by atoms with Crippen LogP contribution in [0, 0.1) is 11.3 Å². The Labute approximate surface area is 129 Å². The van der Waals surface area contributed by atoms with Crippen molar-refractivity contribution in [2.45, 2.75) is 45.0 Å². The van der Waals surface area contributed by atoms with Crippen molar-refractivity contribution in [1.29, 1.82) is 0 Å². The lowest BCUT2D eigenvalue weighted by Crippen LogP contribution is -2.35. The van der Waals surface area contributed by atoms with E-state index < -0.39 is 12.0 Å². The average molecular weight is 308 g/mol. The van der Waals surface area contributed by atoms with Gasteiger partial charge in [-0.05, 0) is 43.1 Å². The molecule has 0 heterocycles. The van der Waals surface area contributed by atoms with Gasteiger partial charge in [-0.2, -0.15) is 0 Å². The molecule has 5 heteroatoms. The predicted molar refractivity (Wildman–Crippen MR) is 82.0 cm³/mol. The summed E-state index contributed by atoms with van der Waals surface area (Å²) < 4.78 is 27.1. The van der Waals surface area contributed by atoms with Crippen molar-refractivity contribution in [2.24, 2.45) is 11.3 Å². The number of urea groups is 1. The zero-order chi connectivity index (χ0) is 15.8. The lowest BCUT2D eigenvalue weighted by Gasteiger charge is -2.20. The van der Waals surface area contributed by atoms with Crippen LogP contribution in [-0.4, -0.2) is 12.6 Å². The zero-order valence-electron chi connectivity index (χ0n) is 12.8.